The summed E-state index contributed by atoms with van der Waals surface area (Å²) in [4.78, 5) is 13.0. The fourth-order valence-corrected chi connectivity index (χ4v) is 5.90. The molecule has 31 heavy (non-hydrogen) atoms. The summed E-state index contributed by atoms with van der Waals surface area (Å²) in [7, 11) is -3.47. The number of nitrogens with zero attached hydrogens (tertiary/aromatic N) is 1. The molecule has 0 spiro atoms. The molecule has 1 fully saturated rings. The quantitative estimate of drug-likeness (QED) is 0.613. The zero-order chi connectivity index (χ0) is 22.4. The van der Waals surface area contributed by atoms with Crippen molar-refractivity contribution in [3.63, 3.8) is 0 Å². The predicted octanol–water partition coefficient (Wildman–Crippen LogP) is 4.79. The number of piperidine rings is 1. The number of halogens is 1. The maximum Gasteiger partial charge on any atom is 0.223 e. The number of hydrogen-bond donors (Lipinski definition) is 1. The maximum absolute atomic E-state index is 13.0. The molecule has 0 aliphatic carbocycles. The van der Waals surface area contributed by atoms with E-state index >= 15 is 0 Å². The van der Waals surface area contributed by atoms with E-state index in [2.05, 4.69) is 19.2 Å². The Morgan fingerprint density at radius 2 is 1.68 bits per heavy atom. The number of benzene rings is 2. The summed E-state index contributed by atoms with van der Waals surface area (Å²) in [6.45, 7) is 4.99. The minimum Gasteiger partial charge on any atom is -0.349 e. The van der Waals surface area contributed by atoms with Crippen molar-refractivity contribution in [2.75, 3.05) is 13.1 Å². The third-order valence-corrected chi connectivity index (χ3v) is 7.94. The summed E-state index contributed by atoms with van der Waals surface area (Å²) in [6.07, 6.45) is 1.91. The molecule has 1 N–H and O–H groups in total. The molecule has 0 saturated carbocycles. The van der Waals surface area contributed by atoms with Gasteiger partial charge in [0.2, 0.25) is 15.9 Å². The van der Waals surface area contributed by atoms with Gasteiger partial charge in [-0.05, 0) is 42.4 Å². The number of carbonyl (C=O) groups excluding carboxylic acids is 1. The molecule has 0 aromatic heterocycles. The number of nitrogens with one attached hydrogen (secondary N) is 1. The summed E-state index contributed by atoms with van der Waals surface area (Å²) < 4.78 is 27.2. The van der Waals surface area contributed by atoms with Crippen molar-refractivity contribution in [2.45, 2.75) is 44.9 Å². The smallest absolute Gasteiger partial charge is 0.223 e. The summed E-state index contributed by atoms with van der Waals surface area (Å²) in [6, 6.07) is 17.0. The number of sulfonamides is 1. The fraction of sp³-hybridized carbons (Fsp3) is 0.458. The Kier molecular flexibility index (Phi) is 8.14. The summed E-state index contributed by atoms with van der Waals surface area (Å²) in [5.74, 6) is 0.165. The highest BCUT2D eigenvalue weighted by Gasteiger charge is 2.32. The molecule has 5 nitrogen and oxygen atoms in total. The largest absolute Gasteiger partial charge is 0.349 e. The van der Waals surface area contributed by atoms with Crippen molar-refractivity contribution in [3.8, 4) is 0 Å². The minimum absolute atomic E-state index is 0.0117. The van der Waals surface area contributed by atoms with Crippen LogP contribution in [0.15, 0.2) is 54.6 Å². The van der Waals surface area contributed by atoms with E-state index in [1.54, 1.807) is 24.3 Å². The van der Waals surface area contributed by atoms with Gasteiger partial charge in [-0.3, -0.25) is 4.79 Å². The third kappa shape index (κ3) is 6.55. The lowest BCUT2D eigenvalue weighted by Gasteiger charge is -2.32. The first kappa shape index (κ1) is 23.8. The van der Waals surface area contributed by atoms with Crippen molar-refractivity contribution in [2.24, 2.45) is 11.8 Å². The number of amides is 1. The van der Waals surface area contributed by atoms with Crippen LogP contribution in [0, 0.1) is 11.8 Å². The SMILES string of the molecule is CC(C)C[C@@H](NC(=O)C1CCN(S(=O)(=O)Cc2ccccc2Cl)CC1)c1ccccc1. The van der Waals surface area contributed by atoms with Gasteiger partial charge in [0.05, 0.1) is 11.8 Å². The van der Waals surface area contributed by atoms with Gasteiger partial charge in [0.1, 0.15) is 0 Å². The first-order chi connectivity index (χ1) is 14.8. The summed E-state index contributed by atoms with van der Waals surface area (Å²) in [5, 5.41) is 3.67. The van der Waals surface area contributed by atoms with E-state index in [0.717, 1.165) is 12.0 Å². The van der Waals surface area contributed by atoms with Gasteiger partial charge in [-0.25, -0.2) is 12.7 Å². The lowest BCUT2D eigenvalue weighted by Crippen LogP contribution is -2.44. The lowest BCUT2D eigenvalue weighted by atomic mass is 9.93. The molecule has 0 unspecified atom stereocenters. The Bertz CT molecular complexity index is 971. The van der Waals surface area contributed by atoms with Gasteiger partial charge >= 0.3 is 0 Å². The third-order valence-electron chi connectivity index (χ3n) is 5.74. The average molecular weight is 463 g/mol. The molecule has 1 amide bonds. The molecule has 1 aliphatic rings. The summed E-state index contributed by atoms with van der Waals surface area (Å²) in [5.41, 5.74) is 1.70. The molecule has 0 radical (unpaired) electrons. The van der Waals surface area contributed by atoms with Crippen molar-refractivity contribution in [3.05, 3.63) is 70.7 Å². The molecule has 0 bridgehead atoms. The van der Waals surface area contributed by atoms with Crippen LogP contribution in [-0.2, 0) is 20.6 Å². The highest BCUT2D eigenvalue weighted by Crippen LogP contribution is 2.26. The predicted molar refractivity (Wildman–Crippen MR) is 125 cm³/mol. The zero-order valence-corrected chi connectivity index (χ0v) is 19.7. The van der Waals surface area contributed by atoms with Gasteiger partial charge in [-0.1, -0.05) is 74.0 Å². The molecule has 2 aromatic rings. The van der Waals surface area contributed by atoms with E-state index in [0.29, 0.717) is 42.4 Å². The van der Waals surface area contributed by atoms with Crippen molar-refractivity contribution in [1.82, 2.24) is 9.62 Å². The van der Waals surface area contributed by atoms with E-state index < -0.39 is 10.0 Å². The number of rotatable bonds is 8. The first-order valence-corrected chi connectivity index (χ1v) is 12.8. The molecule has 3 rings (SSSR count). The van der Waals surface area contributed by atoms with Crippen LogP contribution in [0.5, 0.6) is 0 Å². The molecule has 1 atom stereocenters. The molecule has 7 heteroatoms. The van der Waals surface area contributed by atoms with Gasteiger partial charge in [0.15, 0.2) is 0 Å². The first-order valence-electron chi connectivity index (χ1n) is 10.8. The van der Waals surface area contributed by atoms with E-state index in [-0.39, 0.29) is 23.6 Å². The summed E-state index contributed by atoms with van der Waals surface area (Å²) >= 11 is 6.13. The van der Waals surface area contributed by atoms with Gasteiger partial charge < -0.3 is 5.32 Å². The van der Waals surface area contributed by atoms with Crippen molar-refractivity contribution < 1.29 is 13.2 Å². The Morgan fingerprint density at radius 1 is 1.06 bits per heavy atom. The zero-order valence-electron chi connectivity index (χ0n) is 18.1. The Labute approximate surface area is 190 Å². The fourth-order valence-electron chi connectivity index (χ4n) is 4.02. The Balaban J connectivity index is 1.59. The normalized spacial score (nSPS) is 16.9. The molecule has 168 valence electrons. The molecular weight excluding hydrogens is 432 g/mol. The van der Waals surface area contributed by atoms with Crippen molar-refractivity contribution in [1.29, 1.82) is 0 Å². The van der Waals surface area contributed by atoms with Crippen LogP contribution < -0.4 is 5.32 Å². The lowest BCUT2D eigenvalue weighted by molar-refractivity contribution is -0.127. The van der Waals surface area contributed by atoms with Crippen LogP contribution in [-0.4, -0.2) is 31.7 Å². The van der Waals surface area contributed by atoms with Crippen LogP contribution in [0.1, 0.15) is 50.3 Å². The molecule has 1 heterocycles. The second-order valence-electron chi connectivity index (χ2n) is 8.62. The Morgan fingerprint density at radius 3 is 2.29 bits per heavy atom. The second kappa shape index (κ2) is 10.6. The van der Waals surface area contributed by atoms with Crippen molar-refractivity contribution >= 4 is 27.5 Å². The van der Waals surface area contributed by atoms with E-state index in [1.165, 1.54) is 4.31 Å². The van der Waals surface area contributed by atoms with E-state index in [9.17, 15) is 13.2 Å². The van der Waals surface area contributed by atoms with Gasteiger partial charge in [0, 0.05) is 24.0 Å². The van der Waals surface area contributed by atoms with Gasteiger partial charge in [0.25, 0.3) is 0 Å². The molecule has 2 aromatic carbocycles. The maximum atomic E-state index is 13.0. The number of carbonyl (C=O) groups is 1. The topological polar surface area (TPSA) is 66.5 Å². The molecule has 1 saturated heterocycles. The van der Waals surface area contributed by atoms with Crippen LogP contribution in [0.3, 0.4) is 0 Å². The van der Waals surface area contributed by atoms with Crippen LogP contribution in [0.4, 0.5) is 0 Å². The van der Waals surface area contributed by atoms with E-state index in [1.807, 2.05) is 30.3 Å². The van der Waals surface area contributed by atoms with Gasteiger partial charge in [-0.15, -0.1) is 0 Å². The minimum atomic E-state index is -3.47. The Hall–Kier alpha value is -1.89. The second-order valence-corrected chi connectivity index (χ2v) is 11.0. The molecular formula is C24H31ClN2O3S. The highest BCUT2D eigenvalue weighted by molar-refractivity contribution is 7.88. The average Bonchev–Trinajstić information content (AvgIpc) is 2.75. The van der Waals surface area contributed by atoms with Crippen LogP contribution in [0.2, 0.25) is 5.02 Å². The van der Waals surface area contributed by atoms with Crippen LogP contribution in [0.25, 0.3) is 0 Å². The van der Waals surface area contributed by atoms with Crippen LogP contribution >= 0.6 is 11.6 Å². The highest BCUT2D eigenvalue weighted by atomic mass is 35.5. The monoisotopic (exact) mass is 462 g/mol. The molecule has 1 aliphatic heterocycles. The standard InChI is InChI=1S/C24H31ClN2O3S/c1-18(2)16-23(19-8-4-3-5-9-19)26-24(28)20-12-14-27(15-13-20)31(29,30)17-21-10-6-7-11-22(21)25/h3-11,18,20,23H,12-17H2,1-2H3,(H,26,28)/t23-/m1/s1. The van der Waals surface area contributed by atoms with E-state index in [4.69, 9.17) is 11.6 Å². The van der Waals surface area contributed by atoms with Gasteiger partial charge in [-0.2, -0.15) is 0 Å². The number of hydrogen-bond acceptors (Lipinski definition) is 3.